The summed E-state index contributed by atoms with van der Waals surface area (Å²) in [5, 5.41) is 12.5. The molecule has 33 heavy (non-hydrogen) atoms. The molecule has 168 valence electrons. The van der Waals surface area contributed by atoms with Crippen LogP contribution in [0.15, 0.2) is 36.8 Å². The molecule has 1 saturated carbocycles. The van der Waals surface area contributed by atoms with Gasteiger partial charge in [-0.05, 0) is 31.0 Å². The summed E-state index contributed by atoms with van der Waals surface area (Å²) in [5.41, 5.74) is 2.62. The molecular formula is C23H24N8O2. The number of anilines is 3. The van der Waals surface area contributed by atoms with Crippen LogP contribution < -0.4 is 15.5 Å². The molecule has 0 bridgehead atoms. The lowest BCUT2D eigenvalue weighted by Gasteiger charge is -2.28. The van der Waals surface area contributed by atoms with E-state index in [1.165, 1.54) is 0 Å². The largest absolute Gasteiger partial charge is 0.378 e. The zero-order valence-corrected chi connectivity index (χ0v) is 18.3. The molecule has 2 N–H and O–H groups in total. The second-order valence-electron chi connectivity index (χ2n) is 8.37. The van der Waals surface area contributed by atoms with Crippen LogP contribution >= 0.6 is 0 Å². The maximum Gasteiger partial charge on any atom is 0.228 e. The molecule has 2 fully saturated rings. The summed E-state index contributed by atoms with van der Waals surface area (Å²) in [6.07, 6.45) is 7.37. The lowest BCUT2D eigenvalue weighted by Crippen LogP contribution is -2.36. The van der Waals surface area contributed by atoms with Crippen LogP contribution in [0.4, 0.5) is 17.3 Å². The summed E-state index contributed by atoms with van der Waals surface area (Å²) in [7, 11) is 1.82. The van der Waals surface area contributed by atoms with Gasteiger partial charge in [-0.2, -0.15) is 0 Å². The molecule has 0 atom stereocenters. The van der Waals surface area contributed by atoms with E-state index in [0.29, 0.717) is 17.5 Å². The first-order valence-corrected chi connectivity index (χ1v) is 11.2. The first-order valence-electron chi connectivity index (χ1n) is 11.2. The fourth-order valence-corrected chi connectivity index (χ4v) is 4.15. The average Bonchev–Trinajstić information content (AvgIpc) is 3.62. The molecule has 10 nitrogen and oxygen atoms in total. The molecule has 0 aromatic carbocycles. The summed E-state index contributed by atoms with van der Waals surface area (Å²) >= 11 is 0. The molecule has 4 aromatic rings. The van der Waals surface area contributed by atoms with Gasteiger partial charge in [0.05, 0.1) is 25.1 Å². The van der Waals surface area contributed by atoms with Crippen LogP contribution in [0.5, 0.6) is 0 Å². The number of fused-ring (bicyclic) bond motifs is 2. The van der Waals surface area contributed by atoms with Crippen molar-refractivity contribution in [1.82, 2.24) is 24.6 Å². The highest BCUT2D eigenvalue weighted by atomic mass is 16.5. The summed E-state index contributed by atoms with van der Waals surface area (Å²) in [6, 6.07) is 5.91. The molecule has 1 aliphatic heterocycles. The Hall–Kier alpha value is -3.79. The Morgan fingerprint density at radius 2 is 1.97 bits per heavy atom. The highest BCUT2D eigenvalue weighted by molar-refractivity contribution is 6.03. The van der Waals surface area contributed by atoms with Crippen molar-refractivity contribution in [3.63, 3.8) is 0 Å². The number of morpholine rings is 1. The smallest absolute Gasteiger partial charge is 0.228 e. The summed E-state index contributed by atoms with van der Waals surface area (Å²) in [4.78, 5) is 28.3. The Balaban J connectivity index is 1.41. The van der Waals surface area contributed by atoms with Crippen LogP contribution in [-0.2, 0) is 9.53 Å². The number of pyridine rings is 3. The van der Waals surface area contributed by atoms with Crippen LogP contribution in [-0.4, -0.2) is 63.8 Å². The van der Waals surface area contributed by atoms with E-state index in [9.17, 15) is 4.79 Å². The first-order chi connectivity index (χ1) is 16.2. The van der Waals surface area contributed by atoms with Gasteiger partial charge in [-0.1, -0.05) is 0 Å². The standard InChI is InChI=1S/C23H24N8O2/c1-24-21-17-11-25-19(27-23(32)14-2-3-14)10-16(17)18(12-26-21)22-28-20-5-4-15(13-31(20)29-22)30-6-8-33-9-7-30/h4-5,10-14H,2-3,6-9H2,1H3,(H,24,26)(H,25,27,32). The van der Waals surface area contributed by atoms with Crippen LogP contribution in [0.1, 0.15) is 12.8 Å². The SMILES string of the molecule is CNc1ncc(-c2nc3ccc(N4CCOCC4)cn3n2)c2cc(NC(=O)C3CC3)ncc12. The quantitative estimate of drug-likeness (QED) is 0.483. The van der Waals surface area contributed by atoms with Gasteiger partial charge in [0.1, 0.15) is 11.6 Å². The molecule has 6 rings (SSSR count). The van der Waals surface area contributed by atoms with Gasteiger partial charge in [-0.25, -0.2) is 19.5 Å². The monoisotopic (exact) mass is 444 g/mol. The zero-order chi connectivity index (χ0) is 22.4. The lowest BCUT2D eigenvalue weighted by atomic mass is 10.1. The minimum Gasteiger partial charge on any atom is -0.378 e. The number of hydrogen-bond donors (Lipinski definition) is 2. The number of amides is 1. The molecule has 5 heterocycles. The van der Waals surface area contributed by atoms with Crippen molar-refractivity contribution in [2.45, 2.75) is 12.8 Å². The Morgan fingerprint density at radius 1 is 1.12 bits per heavy atom. The Labute approximate surface area is 190 Å². The number of carbonyl (C=O) groups excluding carboxylic acids is 1. The summed E-state index contributed by atoms with van der Waals surface area (Å²) in [5.74, 6) is 1.92. The van der Waals surface area contributed by atoms with Crippen molar-refractivity contribution in [1.29, 1.82) is 0 Å². The topological polar surface area (TPSA) is 110 Å². The van der Waals surface area contributed by atoms with E-state index in [-0.39, 0.29) is 11.8 Å². The molecule has 2 aliphatic rings. The van der Waals surface area contributed by atoms with Gasteiger partial charge in [0.15, 0.2) is 11.5 Å². The van der Waals surface area contributed by atoms with Crippen LogP contribution in [0.25, 0.3) is 27.8 Å². The minimum absolute atomic E-state index is 0.0211. The maximum atomic E-state index is 12.3. The fourth-order valence-electron chi connectivity index (χ4n) is 4.15. The van der Waals surface area contributed by atoms with Crippen molar-refractivity contribution < 1.29 is 9.53 Å². The normalized spacial score (nSPS) is 16.3. The van der Waals surface area contributed by atoms with Gasteiger partial charge in [0.25, 0.3) is 0 Å². The van der Waals surface area contributed by atoms with Gasteiger partial charge < -0.3 is 20.3 Å². The molecule has 0 spiro atoms. The Kier molecular flexibility index (Phi) is 4.79. The van der Waals surface area contributed by atoms with E-state index < -0.39 is 0 Å². The number of hydrogen-bond acceptors (Lipinski definition) is 8. The zero-order valence-electron chi connectivity index (χ0n) is 18.3. The third-order valence-corrected chi connectivity index (χ3v) is 6.14. The highest BCUT2D eigenvalue weighted by Gasteiger charge is 2.30. The Bertz CT molecular complexity index is 1360. The van der Waals surface area contributed by atoms with Crippen molar-refractivity contribution in [3.05, 3.63) is 36.8 Å². The number of ether oxygens (including phenoxy) is 1. The van der Waals surface area contributed by atoms with Gasteiger partial charge in [-0.3, -0.25) is 4.79 Å². The molecule has 4 aromatic heterocycles. The van der Waals surface area contributed by atoms with Gasteiger partial charge in [0, 0.05) is 54.8 Å². The second kappa shape index (κ2) is 7.96. The molecule has 10 heteroatoms. The van der Waals surface area contributed by atoms with E-state index in [0.717, 1.165) is 66.8 Å². The van der Waals surface area contributed by atoms with Crippen LogP contribution in [0.3, 0.4) is 0 Å². The summed E-state index contributed by atoms with van der Waals surface area (Å²) < 4.78 is 7.26. The fraction of sp³-hybridized carbons (Fsp3) is 0.348. The molecule has 1 amide bonds. The van der Waals surface area contributed by atoms with Crippen molar-refractivity contribution in [2.24, 2.45) is 5.92 Å². The van der Waals surface area contributed by atoms with Crippen LogP contribution in [0.2, 0.25) is 0 Å². The van der Waals surface area contributed by atoms with E-state index in [2.05, 4.69) is 31.6 Å². The Morgan fingerprint density at radius 3 is 2.76 bits per heavy atom. The van der Waals surface area contributed by atoms with Crippen molar-refractivity contribution >= 4 is 39.6 Å². The third kappa shape index (κ3) is 3.72. The lowest BCUT2D eigenvalue weighted by molar-refractivity contribution is -0.117. The third-order valence-electron chi connectivity index (χ3n) is 6.14. The molecule has 0 radical (unpaired) electrons. The maximum absolute atomic E-state index is 12.3. The number of rotatable bonds is 5. The molecule has 0 unspecified atom stereocenters. The van der Waals surface area contributed by atoms with E-state index in [4.69, 9.17) is 14.8 Å². The number of nitrogens with one attached hydrogen (secondary N) is 2. The highest BCUT2D eigenvalue weighted by Crippen LogP contribution is 2.33. The van der Waals surface area contributed by atoms with Gasteiger partial charge in [0.2, 0.25) is 5.91 Å². The van der Waals surface area contributed by atoms with E-state index >= 15 is 0 Å². The summed E-state index contributed by atoms with van der Waals surface area (Å²) in [6.45, 7) is 3.17. The average molecular weight is 444 g/mol. The number of carbonyl (C=O) groups is 1. The second-order valence-corrected chi connectivity index (χ2v) is 8.37. The molecule has 1 saturated heterocycles. The number of nitrogens with zero attached hydrogens (tertiary/aromatic N) is 6. The minimum atomic E-state index is 0.0211. The molecular weight excluding hydrogens is 420 g/mol. The van der Waals surface area contributed by atoms with Gasteiger partial charge in [-0.15, -0.1) is 5.10 Å². The van der Waals surface area contributed by atoms with Gasteiger partial charge >= 0.3 is 0 Å². The first kappa shape index (κ1) is 19.9. The predicted octanol–water partition coefficient (Wildman–Crippen LogP) is 2.57. The van der Waals surface area contributed by atoms with Crippen molar-refractivity contribution in [2.75, 3.05) is 48.9 Å². The van der Waals surface area contributed by atoms with E-state index in [1.54, 1.807) is 16.9 Å². The van der Waals surface area contributed by atoms with Crippen LogP contribution in [0, 0.1) is 5.92 Å². The predicted molar refractivity (Wildman–Crippen MR) is 125 cm³/mol. The van der Waals surface area contributed by atoms with E-state index in [1.807, 2.05) is 25.4 Å². The number of aromatic nitrogens is 5. The van der Waals surface area contributed by atoms with Crippen molar-refractivity contribution in [3.8, 4) is 11.4 Å². The molecule has 1 aliphatic carbocycles.